The second-order valence-corrected chi connectivity index (χ2v) is 9.56. The van der Waals surface area contributed by atoms with Crippen LogP contribution >= 0.6 is 11.6 Å². The predicted molar refractivity (Wildman–Crippen MR) is 127 cm³/mol. The molecule has 12 heteroatoms. The van der Waals surface area contributed by atoms with Gasteiger partial charge in [-0.05, 0) is 19.8 Å². The van der Waals surface area contributed by atoms with Crippen molar-refractivity contribution in [3.05, 3.63) is 17.0 Å². The summed E-state index contributed by atoms with van der Waals surface area (Å²) in [6, 6.07) is 0.510. The van der Waals surface area contributed by atoms with Crippen molar-refractivity contribution in [2.45, 2.75) is 101 Å². The number of nitrogens with one attached hydrogen (secondary N) is 1. The molecule has 1 aliphatic rings. The highest BCUT2D eigenvalue weighted by atomic mass is 35.5. The quantitative estimate of drug-likeness (QED) is 0.200. The van der Waals surface area contributed by atoms with Crippen LogP contribution in [0, 0.1) is 0 Å². The van der Waals surface area contributed by atoms with E-state index in [-0.39, 0.29) is 25.1 Å². The molecule has 5 N–H and O–H groups in total. The first-order valence-corrected chi connectivity index (χ1v) is 12.6. The number of aromatic nitrogens is 2. The van der Waals surface area contributed by atoms with Crippen LogP contribution in [0.15, 0.2) is 6.07 Å². The minimum Gasteiger partial charge on any atom is -0.388 e. The van der Waals surface area contributed by atoms with Gasteiger partial charge < -0.3 is 30.7 Å². The van der Waals surface area contributed by atoms with E-state index in [0.29, 0.717) is 6.61 Å². The average Bonchev–Trinajstić information content (AvgIpc) is 2.78. The molecule has 0 aliphatic carbocycles. The maximum Gasteiger partial charge on any atom is 0.451 e. The number of aliphatic hydroxyl groups is 2. The van der Waals surface area contributed by atoms with Crippen LogP contribution in [0.4, 0.5) is 19.0 Å². The minimum absolute atomic E-state index is 0.0561. The van der Waals surface area contributed by atoms with E-state index >= 15 is 0 Å². The molecule has 1 saturated heterocycles. The Morgan fingerprint density at radius 1 is 1.11 bits per heavy atom. The van der Waals surface area contributed by atoms with Gasteiger partial charge in [-0.1, -0.05) is 56.5 Å². The monoisotopic (exact) mass is 526 g/mol. The highest BCUT2D eigenvalue weighted by Gasteiger charge is 2.39. The Hall–Kier alpha value is -1.24. The lowest BCUT2D eigenvalue weighted by molar-refractivity contribution is -0.159. The molecule has 0 radical (unpaired) electrons. The molecule has 0 spiro atoms. The molecule has 35 heavy (non-hydrogen) atoms. The number of nitrogens with two attached hydrogens (primary N) is 1. The Bertz CT molecular complexity index is 745. The van der Waals surface area contributed by atoms with E-state index in [0.717, 1.165) is 31.7 Å². The Morgan fingerprint density at radius 2 is 1.74 bits per heavy atom. The van der Waals surface area contributed by atoms with E-state index in [1.807, 2.05) is 6.92 Å². The number of aliphatic hydroxyl groups excluding tert-OH is 2. The van der Waals surface area contributed by atoms with Crippen LogP contribution in [0.5, 0.6) is 0 Å². The molecule has 1 aliphatic heterocycles. The number of anilines is 1. The maximum absolute atomic E-state index is 12.9. The van der Waals surface area contributed by atoms with E-state index in [2.05, 4.69) is 15.3 Å². The zero-order valence-corrected chi connectivity index (χ0v) is 20.9. The molecule has 0 bridgehead atoms. The molecule has 2 rings (SSSR count). The number of hydrogen-bond acceptors (Lipinski definition) is 8. The smallest absolute Gasteiger partial charge is 0.388 e. The summed E-state index contributed by atoms with van der Waals surface area (Å²) in [4.78, 5) is 6.54. The van der Waals surface area contributed by atoms with Crippen molar-refractivity contribution in [1.29, 1.82) is 0 Å². The van der Waals surface area contributed by atoms with Gasteiger partial charge in [0.1, 0.15) is 29.3 Å². The summed E-state index contributed by atoms with van der Waals surface area (Å²) in [7, 11) is 0. The molecule has 8 nitrogen and oxygen atoms in total. The third-order valence-corrected chi connectivity index (χ3v) is 6.09. The summed E-state index contributed by atoms with van der Waals surface area (Å²) in [5.41, 5.74) is 5.74. The van der Waals surface area contributed by atoms with Crippen LogP contribution in [0.25, 0.3) is 0 Å². The first-order chi connectivity index (χ1) is 16.6. The first kappa shape index (κ1) is 30.0. The van der Waals surface area contributed by atoms with E-state index in [4.69, 9.17) is 26.8 Å². The van der Waals surface area contributed by atoms with Crippen LogP contribution < -0.4 is 11.1 Å². The van der Waals surface area contributed by atoms with Crippen molar-refractivity contribution in [2.24, 2.45) is 5.73 Å². The molecule has 0 aromatic carbocycles. The van der Waals surface area contributed by atoms with Gasteiger partial charge in [-0.2, -0.15) is 13.2 Å². The zero-order valence-electron chi connectivity index (χ0n) is 20.1. The lowest BCUT2D eigenvalue weighted by atomic mass is 9.98. The lowest BCUT2D eigenvalue weighted by Crippen LogP contribution is -2.57. The fourth-order valence-corrected chi connectivity index (χ4v) is 4.08. The summed E-state index contributed by atoms with van der Waals surface area (Å²) in [6.45, 7) is 2.62. The van der Waals surface area contributed by atoms with Crippen molar-refractivity contribution in [3.8, 4) is 0 Å². The molecule has 1 aromatic heterocycles. The second-order valence-electron chi connectivity index (χ2n) is 9.17. The highest BCUT2D eigenvalue weighted by Crippen LogP contribution is 2.29. The van der Waals surface area contributed by atoms with Crippen molar-refractivity contribution < 1.29 is 32.9 Å². The molecule has 1 fully saturated rings. The Labute approximate surface area is 209 Å². The summed E-state index contributed by atoms with van der Waals surface area (Å²) >= 11 is 5.65. The Balaban J connectivity index is 1.61. The van der Waals surface area contributed by atoms with Crippen LogP contribution in [-0.2, 0) is 15.7 Å². The molecule has 0 saturated carbocycles. The van der Waals surface area contributed by atoms with Gasteiger partial charge in [0, 0.05) is 18.7 Å². The van der Waals surface area contributed by atoms with E-state index < -0.39 is 41.5 Å². The van der Waals surface area contributed by atoms with Gasteiger partial charge in [0.25, 0.3) is 0 Å². The second kappa shape index (κ2) is 15.1. The van der Waals surface area contributed by atoms with Crippen LogP contribution in [0.2, 0.25) is 5.15 Å². The van der Waals surface area contributed by atoms with Crippen molar-refractivity contribution in [1.82, 2.24) is 9.97 Å². The summed E-state index contributed by atoms with van der Waals surface area (Å²) < 4.78 is 49.8. The number of unbranched alkanes of at least 4 members (excludes halogenated alkanes) is 7. The van der Waals surface area contributed by atoms with Gasteiger partial charge in [-0.25, -0.2) is 9.97 Å². The molecular formula is C23H38ClF3N4O4. The molecule has 2 heterocycles. The van der Waals surface area contributed by atoms with Gasteiger partial charge in [0.2, 0.25) is 5.82 Å². The number of ether oxygens (including phenoxy) is 2. The molecule has 1 aromatic rings. The molecule has 5 atom stereocenters. The third-order valence-electron chi connectivity index (χ3n) is 5.89. The number of rotatable bonds is 15. The normalized spacial score (nSPS) is 23.9. The van der Waals surface area contributed by atoms with E-state index in [1.165, 1.54) is 32.1 Å². The largest absolute Gasteiger partial charge is 0.451 e. The van der Waals surface area contributed by atoms with Crippen molar-refractivity contribution in [2.75, 3.05) is 25.1 Å². The van der Waals surface area contributed by atoms with Gasteiger partial charge in [-0.15, -0.1) is 0 Å². The fraction of sp³-hybridized carbons (Fsp3) is 0.826. The maximum atomic E-state index is 12.9. The summed E-state index contributed by atoms with van der Waals surface area (Å²) in [6.07, 6.45) is 2.21. The van der Waals surface area contributed by atoms with E-state index in [1.54, 1.807) is 0 Å². The number of nitrogens with zero attached hydrogens (tertiary/aromatic N) is 2. The van der Waals surface area contributed by atoms with Crippen LogP contribution in [-0.4, -0.2) is 70.4 Å². The topological polar surface area (TPSA) is 123 Å². The van der Waals surface area contributed by atoms with Gasteiger partial charge in [-0.3, -0.25) is 0 Å². The Morgan fingerprint density at radius 3 is 2.37 bits per heavy atom. The molecular weight excluding hydrogens is 489 g/mol. The van der Waals surface area contributed by atoms with Crippen LogP contribution in [0.3, 0.4) is 0 Å². The van der Waals surface area contributed by atoms with E-state index in [9.17, 15) is 23.4 Å². The fourth-order valence-electron chi connectivity index (χ4n) is 3.90. The number of halogens is 4. The highest BCUT2D eigenvalue weighted by molar-refractivity contribution is 6.29. The molecule has 0 amide bonds. The summed E-state index contributed by atoms with van der Waals surface area (Å²) in [5.74, 6) is -1.63. The minimum atomic E-state index is -4.77. The van der Waals surface area contributed by atoms with Gasteiger partial charge in [0.15, 0.2) is 0 Å². The van der Waals surface area contributed by atoms with Crippen LogP contribution in [0.1, 0.15) is 70.5 Å². The van der Waals surface area contributed by atoms with Gasteiger partial charge >= 0.3 is 6.18 Å². The zero-order chi connectivity index (χ0) is 25.8. The molecule has 1 unspecified atom stereocenters. The number of alkyl halides is 3. The summed E-state index contributed by atoms with van der Waals surface area (Å²) in [5, 5.41) is 23.0. The molecule has 202 valence electrons. The Kier molecular flexibility index (Phi) is 12.9. The first-order valence-electron chi connectivity index (χ1n) is 12.3. The van der Waals surface area contributed by atoms with Gasteiger partial charge in [0.05, 0.1) is 19.3 Å². The van der Waals surface area contributed by atoms with Crippen molar-refractivity contribution >= 4 is 17.4 Å². The predicted octanol–water partition coefficient (Wildman–Crippen LogP) is 3.92. The lowest BCUT2D eigenvalue weighted by Gasteiger charge is -2.38. The third kappa shape index (κ3) is 11.1. The average molecular weight is 527 g/mol. The van der Waals surface area contributed by atoms with Crippen molar-refractivity contribution in [3.63, 3.8) is 0 Å². The SMILES string of the molecule is CC(N)CCCCCCCCCCOC[C@H]1OC[C@H](Nc2cc(Cl)nc(C(F)(F)F)n2)[C@@H](O)[C@H]1O. The standard InChI is InChI=1S/C23H38ClF3N4O4/c1-15(28)10-8-6-4-2-3-5-7-9-11-34-14-17-21(33)20(32)16(13-35-17)29-19-12-18(24)30-22(31-19)23(25,26)27/h12,15-17,20-21,32-33H,2-11,13-14,28H2,1H3,(H,29,30,31)/t15?,16-,17+,20+,21-/m0/s1. The number of hydrogen-bond donors (Lipinski definition) is 4.